The lowest BCUT2D eigenvalue weighted by molar-refractivity contribution is 0.370. The van der Waals surface area contributed by atoms with E-state index in [1.807, 2.05) is 24.4 Å². The molecule has 0 spiro atoms. The summed E-state index contributed by atoms with van der Waals surface area (Å²) in [4.78, 5) is 14.3. The minimum Gasteiger partial charge on any atom is -0.496 e. The van der Waals surface area contributed by atoms with Crippen molar-refractivity contribution in [3.63, 3.8) is 0 Å². The van der Waals surface area contributed by atoms with Crippen molar-refractivity contribution in [3.8, 4) is 5.75 Å². The second kappa shape index (κ2) is 10.3. The van der Waals surface area contributed by atoms with Crippen LogP contribution in [0.15, 0.2) is 53.7 Å². The van der Waals surface area contributed by atoms with E-state index in [1.54, 1.807) is 7.11 Å². The molecule has 1 N–H and O–H groups in total. The first-order valence-electron chi connectivity index (χ1n) is 10.6. The minimum atomic E-state index is 0. The van der Waals surface area contributed by atoms with Gasteiger partial charge in [0.2, 0.25) is 0 Å². The maximum Gasteiger partial charge on any atom is 0.194 e. The Morgan fingerprint density at radius 2 is 1.83 bits per heavy atom. The van der Waals surface area contributed by atoms with Crippen molar-refractivity contribution in [2.75, 3.05) is 51.3 Å². The molecule has 2 aliphatic rings. The molecular weight excluding hydrogens is 489 g/mol. The van der Waals surface area contributed by atoms with Crippen LogP contribution in [0.25, 0.3) is 0 Å². The number of anilines is 1. The molecule has 0 bridgehead atoms. The number of halogens is 1. The number of hydrogen-bond donors (Lipinski definition) is 1. The Morgan fingerprint density at radius 3 is 2.47 bits per heavy atom. The average Bonchev–Trinajstić information content (AvgIpc) is 3.58. The molecule has 2 heterocycles. The van der Waals surface area contributed by atoms with Crippen molar-refractivity contribution in [3.05, 3.63) is 54.2 Å². The highest BCUT2D eigenvalue weighted by Gasteiger charge is 2.46. The predicted molar refractivity (Wildman–Crippen MR) is 133 cm³/mol. The zero-order chi connectivity index (χ0) is 20.1. The number of hydrogen-bond acceptors (Lipinski definition) is 4. The summed E-state index contributed by atoms with van der Waals surface area (Å²) >= 11 is 0. The second-order valence-electron chi connectivity index (χ2n) is 7.81. The van der Waals surface area contributed by atoms with E-state index in [9.17, 15) is 0 Å². The van der Waals surface area contributed by atoms with E-state index in [4.69, 9.17) is 9.73 Å². The fourth-order valence-electron chi connectivity index (χ4n) is 4.09. The molecule has 6 nitrogen and oxygen atoms in total. The van der Waals surface area contributed by atoms with Crippen LogP contribution in [0.5, 0.6) is 5.75 Å². The Hall–Kier alpha value is -2.03. The van der Waals surface area contributed by atoms with Gasteiger partial charge >= 0.3 is 0 Å². The Labute approximate surface area is 196 Å². The van der Waals surface area contributed by atoms with E-state index < -0.39 is 0 Å². The zero-order valence-corrected chi connectivity index (χ0v) is 20.2. The fraction of sp³-hybridized carbons (Fsp3) is 0.478. The molecule has 30 heavy (non-hydrogen) atoms. The summed E-state index contributed by atoms with van der Waals surface area (Å²) in [6.07, 6.45) is 4.20. The van der Waals surface area contributed by atoms with Gasteiger partial charge in [-0.15, -0.1) is 24.0 Å². The average molecular weight is 521 g/mol. The van der Waals surface area contributed by atoms with Gasteiger partial charge < -0.3 is 19.9 Å². The summed E-state index contributed by atoms with van der Waals surface area (Å²) in [5.41, 5.74) is 1.42. The standard InChI is InChI=1S/C23H31N5O.HI/c1-3-24-22(28-16-14-27(15-17-28)21-10-6-7-13-25-21)26-18-23(11-12-23)19-8-4-5-9-20(19)29-2;/h4-10,13H,3,11-12,14-18H2,1-2H3,(H,24,26);1H. The molecule has 1 aliphatic heterocycles. The number of benzene rings is 1. The van der Waals surface area contributed by atoms with Gasteiger partial charge in [-0.05, 0) is 38.0 Å². The molecule has 1 saturated carbocycles. The van der Waals surface area contributed by atoms with Gasteiger partial charge in [-0.25, -0.2) is 4.98 Å². The monoisotopic (exact) mass is 521 g/mol. The largest absolute Gasteiger partial charge is 0.496 e. The molecule has 1 aliphatic carbocycles. The molecule has 4 rings (SSSR count). The zero-order valence-electron chi connectivity index (χ0n) is 17.9. The molecule has 0 amide bonds. The molecule has 2 fully saturated rings. The Bertz CT molecular complexity index is 832. The van der Waals surface area contributed by atoms with Crippen molar-refractivity contribution in [1.82, 2.24) is 15.2 Å². The van der Waals surface area contributed by atoms with Gasteiger partial charge in [0, 0.05) is 49.9 Å². The number of piperazine rings is 1. The van der Waals surface area contributed by atoms with E-state index in [1.165, 1.54) is 18.4 Å². The lowest BCUT2D eigenvalue weighted by Crippen LogP contribution is -2.53. The second-order valence-corrected chi connectivity index (χ2v) is 7.81. The summed E-state index contributed by atoms with van der Waals surface area (Å²) in [7, 11) is 1.75. The quantitative estimate of drug-likeness (QED) is 0.358. The van der Waals surface area contributed by atoms with Crippen LogP contribution in [0.3, 0.4) is 0 Å². The van der Waals surface area contributed by atoms with Gasteiger partial charge in [-0.2, -0.15) is 0 Å². The van der Waals surface area contributed by atoms with E-state index >= 15 is 0 Å². The van der Waals surface area contributed by atoms with Crippen LogP contribution in [0, 0.1) is 0 Å². The number of para-hydroxylation sites is 1. The molecule has 2 aromatic rings. The molecule has 0 radical (unpaired) electrons. The Balaban J connectivity index is 0.00000256. The number of nitrogens with one attached hydrogen (secondary N) is 1. The van der Waals surface area contributed by atoms with Gasteiger partial charge in [-0.3, -0.25) is 4.99 Å². The number of ether oxygens (including phenoxy) is 1. The molecule has 1 aromatic carbocycles. The van der Waals surface area contributed by atoms with Gasteiger partial charge in [-0.1, -0.05) is 24.3 Å². The van der Waals surface area contributed by atoms with Crippen LogP contribution < -0.4 is 15.0 Å². The maximum absolute atomic E-state index is 5.61. The van der Waals surface area contributed by atoms with E-state index in [0.29, 0.717) is 0 Å². The minimum absolute atomic E-state index is 0. The first-order valence-corrected chi connectivity index (χ1v) is 10.6. The summed E-state index contributed by atoms with van der Waals surface area (Å²) in [6, 6.07) is 14.5. The normalized spacial score (nSPS) is 17.9. The molecule has 0 atom stereocenters. The van der Waals surface area contributed by atoms with Crippen LogP contribution in [0.4, 0.5) is 5.82 Å². The first kappa shape index (κ1) is 22.7. The van der Waals surface area contributed by atoms with E-state index in [0.717, 1.165) is 56.8 Å². The molecule has 1 aromatic heterocycles. The number of aliphatic imine (C=N–C) groups is 1. The molecule has 162 valence electrons. The first-order chi connectivity index (χ1) is 14.3. The molecule has 0 unspecified atom stereocenters. The highest BCUT2D eigenvalue weighted by Crippen LogP contribution is 2.51. The lowest BCUT2D eigenvalue weighted by atomic mass is 9.95. The highest BCUT2D eigenvalue weighted by atomic mass is 127. The third-order valence-electron chi connectivity index (χ3n) is 5.95. The highest BCUT2D eigenvalue weighted by molar-refractivity contribution is 14.0. The SMILES string of the molecule is CCNC(=NCC1(c2ccccc2OC)CC1)N1CCN(c2ccccn2)CC1.I. The number of methoxy groups -OCH3 is 1. The molecule has 7 heteroatoms. The van der Waals surface area contributed by atoms with Crippen molar-refractivity contribution >= 4 is 35.8 Å². The third kappa shape index (κ3) is 4.99. The molecular formula is C23H32IN5O. The van der Waals surface area contributed by atoms with Gasteiger partial charge in [0.05, 0.1) is 13.7 Å². The van der Waals surface area contributed by atoms with Crippen LogP contribution in [-0.4, -0.2) is 62.2 Å². The fourth-order valence-corrected chi connectivity index (χ4v) is 4.09. The van der Waals surface area contributed by atoms with Crippen molar-refractivity contribution < 1.29 is 4.74 Å². The predicted octanol–water partition coefficient (Wildman–Crippen LogP) is 3.53. The number of guanidine groups is 1. The van der Waals surface area contributed by atoms with Crippen molar-refractivity contribution in [2.45, 2.75) is 25.2 Å². The van der Waals surface area contributed by atoms with Crippen LogP contribution in [0.2, 0.25) is 0 Å². The van der Waals surface area contributed by atoms with Crippen molar-refractivity contribution in [2.24, 2.45) is 4.99 Å². The lowest BCUT2D eigenvalue weighted by Gasteiger charge is -2.37. The van der Waals surface area contributed by atoms with Crippen LogP contribution in [-0.2, 0) is 5.41 Å². The number of aromatic nitrogens is 1. The molecule has 1 saturated heterocycles. The van der Waals surface area contributed by atoms with Crippen LogP contribution >= 0.6 is 24.0 Å². The Kier molecular flexibility index (Phi) is 7.80. The summed E-state index contributed by atoms with van der Waals surface area (Å²) in [5.74, 6) is 3.06. The van der Waals surface area contributed by atoms with Gasteiger partial charge in [0.15, 0.2) is 5.96 Å². The Morgan fingerprint density at radius 1 is 1.10 bits per heavy atom. The van der Waals surface area contributed by atoms with Crippen LogP contribution in [0.1, 0.15) is 25.3 Å². The smallest absolute Gasteiger partial charge is 0.194 e. The van der Waals surface area contributed by atoms with Gasteiger partial charge in [0.1, 0.15) is 11.6 Å². The summed E-state index contributed by atoms with van der Waals surface area (Å²) in [5, 5.41) is 3.50. The number of nitrogens with zero attached hydrogens (tertiary/aromatic N) is 4. The van der Waals surface area contributed by atoms with E-state index in [-0.39, 0.29) is 29.4 Å². The maximum atomic E-state index is 5.61. The third-order valence-corrected chi connectivity index (χ3v) is 5.95. The number of rotatable bonds is 6. The summed E-state index contributed by atoms with van der Waals surface area (Å²) in [6.45, 7) is 7.62. The van der Waals surface area contributed by atoms with E-state index in [2.05, 4.69) is 51.3 Å². The van der Waals surface area contributed by atoms with Gasteiger partial charge in [0.25, 0.3) is 0 Å². The topological polar surface area (TPSA) is 53.0 Å². The number of pyridine rings is 1. The van der Waals surface area contributed by atoms with Crippen molar-refractivity contribution in [1.29, 1.82) is 0 Å². The summed E-state index contributed by atoms with van der Waals surface area (Å²) < 4.78 is 5.61.